The second-order valence-electron chi connectivity index (χ2n) is 8.21. The third kappa shape index (κ3) is 5.60. The Bertz CT molecular complexity index is 1180. The summed E-state index contributed by atoms with van der Waals surface area (Å²) in [5.74, 6) is 1.06. The largest absolute Gasteiger partial charge is 0.338 e. The molecule has 1 fully saturated rings. The van der Waals surface area contributed by atoms with E-state index in [9.17, 15) is 13.2 Å². The highest BCUT2D eigenvalue weighted by atomic mass is 32.2. The Balaban J connectivity index is 1.30. The number of carbonyl (C=O) groups is 1. The van der Waals surface area contributed by atoms with Gasteiger partial charge in [0.25, 0.3) is 5.91 Å². The molecule has 4 rings (SSSR count). The SMILES string of the molecule is Cc1ccc(-c2noc(CN3CCN(C(=O)c4ccc(CS(C)(=O)=O)cc4)CC3)n2)cc1. The van der Waals surface area contributed by atoms with Gasteiger partial charge in [0.15, 0.2) is 9.84 Å². The van der Waals surface area contributed by atoms with Crippen LogP contribution in [0, 0.1) is 6.92 Å². The molecule has 1 aliphatic heterocycles. The van der Waals surface area contributed by atoms with Gasteiger partial charge in [0.1, 0.15) is 0 Å². The van der Waals surface area contributed by atoms with E-state index in [0.717, 1.165) is 5.56 Å². The van der Waals surface area contributed by atoms with E-state index in [1.165, 1.54) is 11.8 Å². The standard InChI is InChI=1S/C23H26N4O4S/c1-17-3-7-19(8-4-17)22-24-21(31-25-22)15-26-11-13-27(14-12-26)23(28)20-9-5-18(6-10-20)16-32(2,29)30/h3-10H,11-16H2,1-2H3. The molecule has 0 N–H and O–H groups in total. The molecule has 0 spiro atoms. The minimum atomic E-state index is -3.10. The zero-order chi connectivity index (χ0) is 22.7. The fraction of sp³-hybridized carbons (Fsp3) is 0.348. The van der Waals surface area contributed by atoms with Gasteiger partial charge in [-0.15, -0.1) is 0 Å². The van der Waals surface area contributed by atoms with Gasteiger partial charge in [-0.3, -0.25) is 9.69 Å². The summed E-state index contributed by atoms with van der Waals surface area (Å²) in [6.45, 7) is 5.19. The van der Waals surface area contributed by atoms with Crippen LogP contribution in [-0.4, -0.2) is 66.7 Å². The number of piperazine rings is 1. The van der Waals surface area contributed by atoms with Crippen LogP contribution in [-0.2, 0) is 22.1 Å². The van der Waals surface area contributed by atoms with Crippen molar-refractivity contribution in [2.75, 3.05) is 32.4 Å². The summed E-state index contributed by atoms with van der Waals surface area (Å²) < 4.78 is 28.3. The molecule has 2 heterocycles. The summed E-state index contributed by atoms with van der Waals surface area (Å²) in [6.07, 6.45) is 1.20. The van der Waals surface area contributed by atoms with Crippen LogP contribution in [0.2, 0.25) is 0 Å². The van der Waals surface area contributed by atoms with Crippen molar-refractivity contribution in [3.8, 4) is 11.4 Å². The van der Waals surface area contributed by atoms with Gasteiger partial charge in [0.2, 0.25) is 11.7 Å². The van der Waals surface area contributed by atoms with Gasteiger partial charge in [0.05, 0.1) is 12.3 Å². The van der Waals surface area contributed by atoms with E-state index >= 15 is 0 Å². The Hall–Kier alpha value is -3.04. The lowest BCUT2D eigenvalue weighted by Crippen LogP contribution is -2.48. The molecule has 8 nitrogen and oxygen atoms in total. The van der Waals surface area contributed by atoms with Gasteiger partial charge < -0.3 is 9.42 Å². The van der Waals surface area contributed by atoms with Crippen LogP contribution in [0.3, 0.4) is 0 Å². The quantitative estimate of drug-likeness (QED) is 0.565. The third-order valence-corrected chi connectivity index (χ3v) is 6.28. The smallest absolute Gasteiger partial charge is 0.253 e. The number of hydrogen-bond acceptors (Lipinski definition) is 7. The molecule has 168 valence electrons. The topological polar surface area (TPSA) is 96.6 Å². The molecule has 0 bridgehead atoms. The van der Waals surface area contributed by atoms with E-state index in [1.807, 2.05) is 36.1 Å². The normalized spacial score (nSPS) is 15.1. The van der Waals surface area contributed by atoms with Gasteiger partial charge in [-0.1, -0.05) is 47.1 Å². The van der Waals surface area contributed by atoms with Crippen molar-refractivity contribution < 1.29 is 17.7 Å². The second kappa shape index (κ2) is 9.22. The maximum atomic E-state index is 12.8. The molecule has 0 aliphatic carbocycles. The van der Waals surface area contributed by atoms with Gasteiger partial charge in [-0.2, -0.15) is 4.98 Å². The van der Waals surface area contributed by atoms with Crippen LogP contribution in [0.1, 0.15) is 27.4 Å². The lowest BCUT2D eigenvalue weighted by Gasteiger charge is -2.34. The van der Waals surface area contributed by atoms with Crippen molar-refractivity contribution >= 4 is 15.7 Å². The van der Waals surface area contributed by atoms with Crippen molar-refractivity contribution in [3.63, 3.8) is 0 Å². The molecule has 9 heteroatoms. The zero-order valence-corrected chi connectivity index (χ0v) is 19.0. The summed E-state index contributed by atoms with van der Waals surface area (Å²) in [5.41, 5.74) is 3.34. The predicted molar refractivity (Wildman–Crippen MR) is 121 cm³/mol. The maximum Gasteiger partial charge on any atom is 0.253 e. The summed E-state index contributed by atoms with van der Waals surface area (Å²) in [4.78, 5) is 21.3. The number of hydrogen-bond donors (Lipinski definition) is 0. The highest BCUT2D eigenvalue weighted by Crippen LogP contribution is 2.18. The summed E-state index contributed by atoms with van der Waals surface area (Å²) in [6, 6.07) is 14.8. The molecule has 0 unspecified atom stereocenters. The minimum absolute atomic E-state index is 0.0263. The first-order valence-electron chi connectivity index (χ1n) is 10.4. The monoisotopic (exact) mass is 454 g/mol. The lowest BCUT2D eigenvalue weighted by atomic mass is 10.1. The van der Waals surface area contributed by atoms with Crippen LogP contribution in [0.5, 0.6) is 0 Å². The fourth-order valence-corrected chi connectivity index (χ4v) is 4.47. The van der Waals surface area contributed by atoms with Crippen molar-refractivity contribution in [3.05, 3.63) is 71.1 Å². The molecule has 1 amide bonds. The Labute approximate surface area is 187 Å². The predicted octanol–water partition coefficient (Wildman–Crippen LogP) is 2.55. The number of amides is 1. The first kappa shape index (κ1) is 22.2. The van der Waals surface area contributed by atoms with Gasteiger partial charge in [-0.05, 0) is 24.6 Å². The van der Waals surface area contributed by atoms with Crippen LogP contribution >= 0.6 is 0 Å². The van der Waals surface area contributed by atoms with Crippen LogP contribution in [0.4, 0.5) is 0 Å². The van der Waals surface area contributed by atoms with E-state index in [1.54, 1.807) is 24.3 Å². The summed E-state index contributed by atoms with van der Waals surface area (Å²) in [7, 11) is -3.10. The highest BCUT2D eigenvalue weighted by Gasteiger charge is 2.23. The van der Waals surface area contributed by atoms with Crippen molar-refractivity contribution in [1.82, 2.24) is 19.9 Å². The molecule has 1 aliphatic rings. The lowest BCUT2D eigenvalue weighted by molar-refractivity contribution is 0.0615. The van der Waals surface area contributed by atoms with Crippen LogP contribution < -0.4 is 0 Å². The first-order valence-corrected chi connectivity index (χ1v) is 12.5. The van der Waals surface area contributed by atoms with E-state index in [-0.39, 0.29) is 11.7 Å². The molecule has 2 aromatic carbocycles. The zero-order valence-electron chi connectivity index (χ0n) is 18.2. The van der Waals surface area contributed by atoms with E-state index in [0.29, 0.717) is 55.6 Å². The molecular formula is C23H26N4O4S. The van der Waals surface area contributed by atoms with E-state index in [2.05, 4.69) is 15.0 Å². The number of aromatic nitrogens is 2. The molecule has 0 saturated carbocycles. The third-order valence-electron chi connectivity index (χ3n) is 5.43. The van der Waals surface area contributed by atoms with Gasteiger partial charge in [-0.25, -0.2) is 8.42 Å². The number of benzene rings is 2. The number of aryl methyl sites for hydroxylation is 1. The van der Waals surface area contributed by atoms with Crippen molar-refractivity contribution in [2.45, 2.75) is 19.2 Å². The Kier molecular flexibility index (Phi) is 6.38. The van der Waals surface area contributed by atoms with Gasteiger partial charge in [0, 0.05) is 43.6 Å². The van der Waals surface area contributed by atoms with Crippen molar-refractivity contribution in [1.29, 1.82) is 0 Å². The summed E-state index contributed by atoms with van der Waals surface area (Å²) in [5, 5.41) is 4.08. The number of carbonyl (C=O) groups excluding carboxylic acids is 1. The molecule has 0 radical (unpaired) electrons. The van der Waals surface area contributed by atoms with Crippen LogP contribution in [0.25, 0.3) is 11.4 Å². The first-order chi connectivity index (χ1) is 15.3. The molecule has 1 aromatic heterocycles. The molecule has 32 heavy (non-hydrogen) atoms. The van der Waals surface area contributed by atoms with E-state index < -0.39 is 9.84 Å². The Morgan fingerprint density at radius 1 is 1.00 bits per heavy atom. The van der Waals surface area contributed by atoms with Gasteiger partial charge >= 0.3 is 0 Å². The highest BCUT2D eigenvalue weighted by molar-refractivity contribution is 7.89. The number of sulfone groups is 1. The Morgan fingerprint density at radius 3 is 2.28 bits per heavy atom. The molecule has 3 aromatic rings. The molecule has 1 saturated heterocycles. The number of rotatable bonds is 6. The molecular weight excluding hydrogens is 428 g/mol. The molecule has 0 atom stereocenters. The maximum absolute atomic E-state index is 12.8. The second-order valence-corrected chi connectivity index (χ2v) is 10.4. The van der Waals surface area contributed by atoms with Crippen LogP contribution in [0.15, 0.2) is 53.1 Å². The average molecular weight is 455 g/mol. The van der Waals surface area contributed by atoms with E-state index in [4.69, 9.17) is 4.52 Å². The summed E-state index contributed by atoms with van der Waals surface area (Å²) >= 11 is 0. The minimum Gasteiger partial charge on any atom is -0.338 e. The Morgan fingerprint density at radius 2 is 1.66 bits per heavy atom. The average Bonchev–Trinajstić information content (AvgIpc) is 3.22. The fourth-order valence-electron chi connectivity index (χ4n) is 3.67. The number of nitrogens with zero attached hydrogens (tertiary/aromatic N) is 4. The van der Waals surface area contributed by atoms with Crippen molar-refractivity contribution in [2.24, 2.45) is 0 Å².